The zero-order valence-corrected chi connectivity index (χ0v) is 20.1. The molecular formula is C26H21N7OS. The van der Waals surface area contributed by atoms with Crippen molar-refractivity contribution in [1.29, 1.82) is 0 Å². The molecule has 6 rings (SSSR count). The van der Waals surface area contributed by atoms with E-state index in [2.05, 4.69) is 37.3 Å². The summed E-state index contributed by atoms with van der Waals surface area (Å²) in [6, 6.07) is 11.9. The Morgan fingerprint density at radius 3 is 2.63 bits per heavy atom. The van der Waals surface area contributed by atoms with E-state index >= 15 is 0 Å². The van der Waals surface area contributed by atoms with E-state index in [1.54, 1.807) is 13.1 Å². The fraction of sp³-hybridized carbons (Fsp3) is 0.115. The molecule has 0 aliphatic carbocycles. The highest BCUT2D eigenvalue weighted by molar-refractivity contribution is 7.17. The number of pyridine rings is 3. The predicted molar refractivity (Wildman–Crippen MR) is 140 cm³/mol. The SMILES string of the molecule is CC(=O)c1ccc(-c2cncc3[nH]c(-c4n[nH]c5ccc(-c6cncc(N(C)C)c6)nc45)cc23)s1. The lowest BCUT2D eigenvalue weighted by Crippen LogP contribution is -2.08. The average molecular weight is 480 g/mol. The third-order valence-corrected chi connectivity index (χ3v) is 7.18. The largest absolute Gasteiger partial charge is 0.376 e. The van der Waals surface area contributed by atoms with Gasteiger partial charge in [-0.25, -0.2) is 4.98 Å². The van der Waals surface area contributed by atoms with Crippen molar-refractivity contribution in [2.24, 2.45) is 0 Å². The number of H-pyrrole nitrogens is 2. The van der Waals surface area contributed by atoms with Crippen LogP contribution in [-0.2, 0) is 0 Å². The summed E-state index contributed by atoms with van der Waals surface area (Å²) in [7, 11) is 3.98. The Morgan fingerprint density at radius 1 is 0.971 bits per heavy atom. The molecule has 0 saturated carbocycles. The Labute approximate surface area is 204 Å². The number of aromatic nitrogens is 6. The number of hydrogen-bond acceptors (Lipinski definition) is 7. The molecule has 35 heavy (non-hydrogen) atoms. The van der Waals surface area contributed by atoms with E-state index < -0.39 is 0 Å². The standard InChI is InChI=1S/C26H21N7OS/c1-14(34)23-6-7-24(35-23)18-12-28-13-22-17(18)9-21(29-22)26-25-20(31-32-26)5-4-19(30-25)15-8-16(33(2)3)11-27-10-15/h4-13,29H,1-3H3,(H,31,32). The first-order chi connectivity index (χ1) is 17.0. The molecule has 172 valence electrons. The summed E-state index contributed by atoms with van der Waals surface area (Å²) in [5.41, 5.74) is 7.83. The maximum absolute atomic E-state index is 11.8. The van der Waals surface area contributed by atoms with E-state index in [1.807, 2.05) is 61.9 Å². The van der Waals surface area contributed by atoms with E-state index in [9.17, 15) is 4.79 Å². The molecule has 0 bridgehead atoms. The quantitative estimate of drug-likeness (QED) is 0.314. The number of Topliss-reactive ketones (excluding diaryl/α,β-unsaturated/α-hetero) is 1. The van der Waals surface area contributed by atoms with Crippen molar-refractivity contribution in [2.75, 3.05) is 19.0 Å². The molecule has 0 spiro atoms. The van der Waals surface area contributed by atoms with E-state index in [1.165, 1.54) is 11.3 Å². The van der Waals surface area contributed by atoms with Crippen LogP contribution in [0.3, 0.4) is 0 Å². The molecule has 0 unspecified atom stereocenters. The first-order valence-corrected chi connectivity index (χ1v) is 11.9. The van der Waals surface area contributed by atoms with Crippen LogP contribution in [0.2, 0.25) is 0 Å². The van der Waals surface area contributed by atoms with Crippen LogP contribution in [0.4, 0.5) is 5.69 Å². The van der Waals surface area contributed by atoms with Gasteiger partial charge in [-0.2, -0.15) is 5.10 Å². The minimum Gasteiger partial charge on any atom is -0.376 e. The summed E-state index contributed by atoms with van der Waals surface area (Å²) in [4.78, 5) is 32.7. The Kier molecular flexibility index (Phi) is 4.93. The number of carbonyl (C=O) groups is 1. The molecular weight excluding hydrogens is 458 g/mol. The van der Waals surface area contributed by atoms with Crippen LogP contribution in [-0.4, -0.2) is 50.0 Å². The zero-order chi connectivity index (χ0) is 24.1. The van der Waals surface area contributed by atoms with Crippen molar-refractivity contribution in [2.45, 2.75) is 6.92 Å². The maximum atomic E-state index is 11.8. The number of carbonyl (C=O) groups excluding carboxylic acids is 1. The molecule has 6 heterocycles. The second-order valence-electron chi connectivity index (χ2n) is 8.54. The molecule has 8 nitrogen and oxygen atoms in total. The summed E-state index contributed by atoms with van der Waals surface area (Å²) in [6.07, 6.45) is 7.28. The summed E-state index contributed by atoms with van der Waals surface area (Å²) in [5, 5.41) is 8.68. The van der Waals surface area contributed by atoms with Gasteiger partial charge in [0.25, 0.3) is 0 Å². The van der Waals surface area contributed by atoms with E-state index in [0.717, 1.165) is 65.6 Å². The molecule has 0 fully saturated rings. The van der Waals surface area contributed by atoms with Gasteiger partial charge in [0.2, 0.25) is 0 Å². The third kappa shape index (κ3) is 3.66. The lowest BCUT2D eigenvalue weighted by atomic mass is 10.1. The third-order valence-electron chi connectivity index (χ3n) is 5.96. The Balaban J connectivity index is 1.46. The highest BCUT2D eigenvalue weighted by Gasteiger charge is 2.17. The number of nitrogens with one attached hydrogen (secondary N) is 2. The minimum absolute atomic E-state index is 0.0623. The van der Waals surface area contributed by atoms with Gasteiger partial charge in [-0.15, -0.1) is 11.3 Å². The van der Waals surface area contributed by atoms with Crippen LogP contribution in [0.1, 0.15) is 16.6 Å². The molecule has 0 saturated heterocycles. The number of rotatable bonds is 5. The Hall–Kier alpha value is -4.37. The number of hydrogen-bond donors (Lipinski definition) is 2. The maximum Gasteiger partial charge on any atom is 0.169 e. The fourth-order valence-corrected chi connectivity index (χ4v) is 5.03. The molecule has 0 radical (unpaired) electrons. The van der Waals surface area contributed by atoms with E-state index in [-0.39, 0.29) is 5.78 Å². The van der Waals surface area contributed by atoms with Gasteiger partial charge in [-0.05, 0) is 43.3 Å². The summed E-state index contributed by atoms with van der Waals surface area (Å²) < 4.78 is 0. The van der Waals surface area contributed by atoms with Crippen molar-refractivity contribution in [1.82, 2.24) is 30.1 Å². The molecule has 0 aliphatic heterocycles. The number of thiophene rings is 1. The highest BCUT2D eigenvalue weighted by Crippen LogP contribution is 2.36. The summed E-state index contributed by atoms with van der Waals surface area (Å²) in [6.45, 7) is 1.58. The van der Waals surface area contributed by atoms with Crippen LogP contribution in [0.5, 0.6) is 0 Å². The molecule has 0 amide bonds. The van der Waals surface area contributed by atoms with Crippen LogP contribution in [0.15, 0.2) is 61.2 Å². The number of fused-ring (bicyclic) bond motifs is 2. The van der Waals surface area contributed by atoms with Gasteiger partial charge in [0.1, 0.15) is 11.2 Å². The lowest BCUT2D eigenvalue weighted by molar-refractivity contribution is 0.102. The van der Waals surface area contributed by atoms with Crippen LogP contribution >= 0.6 is 11.3 Å². The van der Waals surface area contributed by atoms with Crippen LogP contribution in [0.25, 0.3) is 55.0 Å². The number of aromatic amines is 2. The second kappa shape index (κ2) is 8.14. The van der Waals surface area contributed by atoms with Gasteiger partial charge in [0.05, 0.1) is 45.4 Å². The van der Waals surface area contributed by atoms with Gasteiger partial charge in [0, 0.05) is 47.9 Å². The van der Waals surface area contributed by atoms with Crippen molar-refractivity contribution >= 4 is 44.7 Å². The normalized spacial score (nSPS) is 11.4. The zero-order valence-electron chi connectivity index (χ0n) is 19.3. The minimum atomic E-state index is 0.0623. The molecule has 2 N–H and O–H groups in total. The molecule has 6 aromatic rings. The van der Waals surface area contributed by atoms with Crippen LogP contribution < -0.4 is 4.90 Å². The fourth-order valence-electron chi connectivity index (χ4n) is 4.11. The Bertz CT molecular complexity index is 1730. The number of anilines is 1. The highest BCUT2D eigenvalue weighted by atomic mass is 32.1. The van der Waals surface area contributed by atoms with Crippen molar-refractivity contribution in [3.8, 4) is 33.1 Å². The van der Waals surface area contributed by atoms with Gasteiger partial charge < -0.3 is 9.88 Å². The molecule has 0 aliphatic rings. The Morgan fingerprint density at radius 2 is 1.83 bits per heavy atom. The van der Waals surface area contributed by atoms with E-state index in [0.29, 0.717) is 0 Å². The van der Waals surface area contributed by atoms with Gasteiger partial charge >= 0.3 is 0 Å². The van der Waals surface area contributed by atoms with Gasteiger partial charge in [-0.1, -0.05) is 0 Å². The molecule has 9 heteroatoms. The lowest BCUT2D eigenvalue weighted by Gasteiger charge is -2.12. The van der Waals surface area contributed by atoms with Crippen LogP contribution in [0, 0.1) is 0 Å². The first kappa shape index (κ1) is 21.2. The number of nitrogens with zero attached hydrogens (tertiary/aromatic N) is 5. The van der Waals surface area contributed by atoms with Crippen molar-refractivity contribution in [3.05, 3.63) is 66.1 Å². The van der Waals surface area contributed by atoms with Gasteiger partial charge in [0.15, 0.2) is 5.78 Å². The number of ketones is 1. The average Bonchev–Trinajstić information content (AvgIpc) is 3.61. The second-order valence-corrected chi connectivity index (χ2v) is 9.63. The summed E-state index contributed by atoms with van der Waals surface area (Å²) >= 11 is 1.47. The van der Waals surface area contributed by atoms with Crippen molar-refractivity contribution in [3.63, 3.8) is 0 Å². The summed E-state index contributed by atoms with van der Waals surface area (Å²) in [5.74, 6) is 0.0623. The smallest absolute Gasteiger partial charge is 0.169 e. The molecule has 0 aromatic carbocycles. The first-order valence-electron chi connectivity index (χ1n) is 11.0. The topological polar surface area (TPSA) is 103 Å². The molecule has 0 atom stereocenters. The monoisotopic (exact) mass is 479 g/mol. The van der Waals surface area contributed by atoms with E-state index in [4.69, 9.17) is 4.98 Å². The molecule has 6 aromatic heterocycles. The van der Waals surface area contributed by atoms with Crippen molar-refractivity contribution < 1.29 is 4.79 Å². The predicted octanol–water partition coefficient (Wildman–Crippen LogP) is 5.56. The van der Waals surface area contributed by atoms with Gasteiger partial charge in [-0.3, -0.25) is 19.9 Å².